The van der Waals surface area contributed by atoms with Crippen molar-refractivity contribution in [3.05, 3.63) is 71.1 Å². The van der Waals surface area contributed by atoms with E-state index in [2.05, 4.69) is 78.2 Å². The lowest BCUT2D eigenvalue weighted by Crippen LogP contribution is -2.26. The zero-order valence-electron chi connectivity index (χ0n) is 15.4. The number of nitrogens with zero attached hydrogens (tertiary/aromatic N) is 2. The number of rotatable bonds is 4. The molecule has 1 aliphatic heterocycles. The highest BCUT2D eigenvalue weighted by Gasteiger charge is 2.30. The summed E-state index contributed by atoms with van der Waals surface area (Å²) in [5.74, 6) is 1.80. The highest BCUT2D eigenvalue weighted by atomic mass is 16.5. The first kappa shape index (κ1) is 16.9. The van der Waals surface area contributed by atoms with Crippen LogP contribution in [-0.4, -0.2) is 10.1 Å². The van der Waals surface area contributed by atoms with E-state index in [1.807, 2.05) is 12.1 Å². The Morgan fingerprint density at radius 1 is 1.04 bits per heavy atom. The summed E-state index contributed by atoms with van der Waals surface area (Å²) in [7, 11) is 0. The number of hydrogen-bond donors (Lipinski definition) is 2. The van der Waals surface area contributed by atoms with Crippen LogP contribution in [0.25, 0.3) is 11.4 Å². The molecule has 1 saturated heterocycles. The third-order valence-electron chi connectivity index (χ3n) is 4.92. The Hall–Kier alpha value is -2.50. The monoisotopic (exact) mass is 348 g/mol. The number of hydrogen-bond acceptors (Lipinski definition) is 5. The minimum Gasteiger partial charge on any atom is -0.337 e. The Balaban J connectivity index is 1.47. The SMILES string of the molecule is Cc1cccc(-c2noc(C3CC(c4ccc(C(C)C)cc4)NN3)n2)c1. The molecule has 2 aromatic carbocycles. The molecule has 0 spiro atoms. The molecule has 0 bridgehead atoms. The van der Waals surface area contributed by atoms with Gasteiger partial charge in [-0.05, 0) is 36.5 Å². The summed E-state index contributed by atoms with van der Waals surface area (Å²) in [6.45, 7) is 6.48. The molecule has 2 unspecified atom stereocenters. The molecule has 3 aromatic rings. The Bertz CT molecular complexity index is 885. The van der Waals surface area contributed by atoms with Crippen LogP contribution in [0.4, 0.5) is 0 Å². The third-order valence-corrected chi connectivity index (χ3v) is 4.92. The van der Waals surface area contributed by atoms with Crippen molar-refractivity contribution in [2.24, 2.45) is 0 Å². The lowest BCUT2D eigenvalue weighted by molar-refractivity contribution is 0.340. The second-order valence-corrected chi connectivity index (χ2v) is 7.28. The lowest BCUT2D eigenvalue weighted by atomic mass is 9.97. The number of aryl methyl sites for hydroxylation is 1. The lowest BCUT2D eigenvalue weighted by Gasteiger charge is -2.11. The van der Waals surface area contributed by atoms with Gasteiger partial charge in [0.05, 0.1) is 0 Å². The molecular formula is C21H24N4O. The Morgan fingerprint density at radius 3 is 2.54 bits per heavy atom. The molecule has 2 N–H and O–H groups in total. The van der Waals surface area contributed by atoms with E-state index in [-0.39, 0.29) is 12.1 Å². The first-order valence-corrected chi connectivity index (χ1v) is 9.11. The van der Waals surface area contributed by atoms with Gasteiger partial charge in [-0.15, -0.1) is 0 Å². The maximum atomic E-state index is 5.51. The van der Waals surface area contributed by atoms with E-state index < -0.39 is 0 Å². The van der Waals surface area contributed by atoms with Crippen LogP contribution in [-0.2, 0) is 0 Å². The van der Waals surface area contributed by atoms with Crippen molar-refractivity contribution in [3.63, 3.8) is 0 Å². The van der Waals surface area contributed by atoms with E-state index in [9.17, 15) is 0 Å². The highest BCUT2D eigenvalue weighted by molar-refractivity contribution is 5.55. The van der Waals surface area contributed by atoms with Gasteiger partial charge < -0.3 is 4.52 Å². The molecule has 2 heterocycles. The summed E-state index contributed by atoms with van der Waals surface area (Å²) in [6, 6.07) is 17.2. The van der Waals surface area contributed by atoms with E-state index in [0.29, 0.717) is 17.6 Å². The standard InChI is InChI=1S/C21H24N4O/c1-13(2)15-7-9-16(10-8-15)18-12-19(24-23-18)21-22-20(25-26-21)17-6-4-5-14(3)11-17/h4-11,13,18-19,23-24H,12H2,1-3H3. The summed E-state index contributed by atoms with van der Waals surface area (Å²) >= 11 is 0. The van der Waals surface area contributed by atoms with Crippen LogP contribution in [0.3, 0.4) is 0 Å². The first-order chi connectivity index (χ1) is 12.6. The fraction of sp³-hybridized carbons (Fsp3) is 0.333. The maximum absolute atomic E-state index is 5.51. The summed E-state index contributed by atoms with van der Waals surface area (Å²) in [5, 5.41) is 4.15. The largest absolute Gasteiger partial charge is 0.337 e. The Kier molecular flexibility index (Phi) is 4.57. The van der Waals surface area contributed by atoms with Crippen LogP contribution >= 0.6 is 0 Å². The van der Waals surface area contributed by atoms with Gasteiger partial charge >= 0.3 is 0 Å². The predicted octanol–water partition coefficient (Wildman–Crippen LogP) is 4.45. The molecule has 0 aliphatic carbocycles. The second-order valence-electron chi connectivity index (χ2n) is 7.28. The van der Waals surface area contributed by atoms with Crippen LogP contribution in [0.1, 0.15) is 60.9 Å². The van der Waals surface area contributed by atoms with E-state index in [0.717, 1.165) is 12.0 Å². The summed E-state index contributed by atoms with van der Waals surface area (Å²) in [6.07, 6.45) is 0.872. The summed E-state index contributed by atoms with van der Waals surface area (Å²) in [5.41, 5.74) is 11.4. The molecule has 0 amide bonds. The van der Waals surface area contributed by atoms with Crippen LogP contribution in [0.5, 0.6) is 0 Å². The topological polar surface area (TPSA) is 63.0 Å². The van der Waals surface area contributed by atoms with E-state index in [4.69, 9.17) is 4.52 Å². The van der Waals surface area contributed by atoms with Crippen molar-refractivity contribution in [1.29, 1.82) is 0 Å². The van der Waals surface area contributed by atoms with Gasteiger partial charge in [0.15, 0.2) is 0 Å². The van der Waals surface area contributed by atoms with E-state index in [1.165, 1.54) is 16.7 Å². The van der Waals surface area contributed by atoms with Crippen LogP contribution in [0.15, 0.2) is 53.1 Å². The van der Waals surface area contributed by atoms with Crippen LogP contribution < -0.4 is 10.9 Å². The molecule has 0 saturated carbocycles. The van der Waals surface area contributed by atoms with Gasteiger partial charge in [0.1, 0.15) is 6.04 Å². The van der Waals surface area contributed by atoms with Crippen molar-refractivity contribution in [1.82, 2.24) is 21.0 Å². The van der Waals surface area contributed by atoms with Crippen LogP contribution in [0, 0.1) is 6.92 Å². The zero-order chi connectivity index (χ0) is 18.1. The van der Waals surface area contributed by atoms with E-state index in [1.54, 1.807) is 0 Å². The number of nitrogens with one attached hydrogen (secondary N) is 2. The molecule has 5 heteroatoms. The molecule has 1 aliphatic rings. The molecule has 1 fully saturated rings. The minimum absolute atomic E-state index is 0.0100. The normalized spacial score (nSPS) is 20.0. The average Bonchev–Trinajstić information content (AvgIpc) is 3.31. The molecule has 134 valence electrons. The molecule has 5 nitrogen and oxygen atoms in total. The van der Waals surface area contributed by atoms with Crippen molar-refractivity contribution >= 4 is 0 Å². The highest BCUT2D eigenvalue weighted by Crippen LogP contribution is 2.31. The molecule has 1 aromatic heterocycles. The predicted molar refractivity (Wildman–Crippen MR) is 101 cm³/mol. The second kappa shape index (κ2) is 7.02. The minimum atomic E-state index is 0.0100. The summed E-state index contributed by atoms with van der Waals surface area (Å²) < 4.78 is 5.51. The van der Waals surface area contributed by atoms with E-state index >= 15 is 0 Å². The van der Waals surface area contributed by atoms with Crippen molar-refractivity contribution < 1.29 is 4.52 Å². The Labute approximate surface area is 153 Å². The molecule has 26 heavy (non-hydrogen) atoms. The van der Waals surface area contributed by atoms with Crippen molar-refractivity contribution in [2.75, 3.05) is 0 Å². The fourth-order valence-corrected chi connectivity index (χ4v) is 3.33. The van der Waals surface area contributed by atoms with Gasteiger partial charge in [-0.3, -0.25) is 0 Å². The number of benzene rings is 2. The quantitative estimate of drug-likeness (QED) is 0.729. The van der Waals surface area contributed by atoms with Gasteiger partial charge in [0.2, 0.25) is 11.7 Å². The average molecular weight is 348 g/mol. The van der Waals surface area contributed by atoms with Crippen LogP contribution in [0.2, 0.25) is 0 Å². The molecule has 4 rings (SSSR count). The molecular weight excluding hydrogens is 324 g/mol. The van der Waals surface area contributed by atoms with Gasteiger partial charge in [0.25, 0.3) is 0 Å². The number of aromatic nitrogens is 2. The van der Waals surface area contributed by atoms with Gasteiger partial charge in [-0.25, -0.2) is 10.9 Å². The number of hydrazine groups is 1. The van der Waals surface area contributed by atoms with Gasteiger partial charge in [-0.2, -0.15) is 4.98 Å². The summed E-state index contributed by atoms with van der Waals surface area (Å²) in [4.78, 5) is 4.59. The maximum Gasteiger partial charge on any atom is 0.245 e. The Morgan fingerprint density at radius 2 is 1.81 bits per heavy atom. The van der Waals surface area contributed by atoms with Gasteiger partial charge in [0, 0.05) is 11.6 Å². The fourth-order valence-electron chi connectivity index (χ4n) is 3.33. The first-order valence-electron chi connectivity index (χ1n) is 9.11. The van der Waals surface area contributed by atoms with Gasteiger partial charge in [-0.1, -0.05) is 67.0 Å². The van der Waals surface area contributed by atoms with Crippen molar-refractivity contribution in [3.8, 4) is 11.4 Å². The third kappa shape index (κ3) is 3.41. The smallest absolute Gasteiger partial charge is 0.245 e. The zero-order valence-corrected chi connectivity index (χ0v) is 15.4. The molecule has 0 radical (unpaired) electrons. The molecule has 2 atom stereocenters. The van der Waals surface area contributed by atoms with Crippen molar-refractivity contribution in [2.45, 2.75) is 45.2 Å².